The predicted octanol–water partition coefficient (Wildman–Crippen LogP) is 2.62. The smallest absolute Gasteiger partial charge is 0.233 e. The highest BCUT2D eigenvalue weighted by Gasteiger charge is 2.16. The Hall–Kier alpha value is -1.89. The molecule has 0 saturated carbocycles. The van der Waals surface area contributed by atoms with Gasteiger partial charge in [-0.15, -0.1) is 10.2 Å². The maximum absolute atomic E-state index is 12.3. The Balaban J connectivity index is 2.01. The van der Waals surface area contributed by atoms with E-state index >= 15 is 0 Å². The van der Waals surface area contributed by atoms with Gasteiger partial charge in [0, 0.05) is 38.1 Å². The lowest BCUT2D eigenvalue weighted by Gasteiger charge is -2.21. The molecule has 1 amide bonds. The van der Waals surface area contributed by atoms with Gasteiger partial charge >= 0.3 is 0 Å². The maximum atomic E-state index is 12.3. The molecule has 0 saturated heterocycles. The molecule has 0 unspecified atom stereocenters. The maximum Gasteiger partial charge on any atom is 0.233 e. The van der Waals surface area contributed by atoms with E-state index in [1.54, 1.807) is 12.4 Å². The van der Waals surface area contributed by atoms with Crippen molar-refractivity contribution in [2.24, 2.45) is 7.05 Å². The topological polar surface area (TPSA) is 63.9 Å². The highest BCUT2D eigenvalue weighted by atomic mass is 32.2. The average Bonchev–Trinajstić information content (AvgIpc) is 2.94. The number of hydrogen-bond donors (Lipinski definition) is 0. The number of pyridine rings is 1. The molecule has 0 spiro atoms. The van der Waals surface area contributed by atoms with Gasteiger partial charge in [0.2, 0.25) is 5.91 Å². The molecule has 6 nitrogen and oxygen atoms in total. The van der Waals surface area contributed by atoms with Gasteiger partial charge in [-0.3, -0.25) is 9.78 Å². The Morgan fingerprint density at radius 2 is 1.83 bits per heavy atom. The van der Waals surface area contributed by atoms with Gasteiger partial charge in [-0.1, -0.05) is 25.6 Å². The Labute approximate surface area is 141 Å². The van der Waals surface area contributed by atoms with Crippen LogP contribution in [-0.2, 0) is 11.8 Å². The number of nitrogens with zero attached hydrogens (tertiary/aromatic N) is 5. The van der Waals surface area contributed by atoms with E-state index in [-0.39, 0.29) is 5.91 Å². The molecular weight excluding hydrogens is 310 g/mol. The van der Waals surface area contributed by atoms with Crippen molar-refractivity contribution in [2.75, 3.05) is 18.8 Å². The van der Waals surface area contributed by atoms with Gasteiger partial charge in [-0.25, -0.2) is 0 Å². The minimum absolute atomic E-state index is 0.159. The number of carbonyl (C=O) groups excluding carboxylic acids is 1. The Kier molecular flexibility index (Phi) is 6.58. The number of thioether (sulfide) groups is 1. The molecule has 7 heteroatoms. The molecule has 0 aliphatic rings. The molecule has 124 valence electrons. The summed E-state index contributed by atoms with van der Waals surface area (Å²) in [6.07, 6.45) is 5.42. The van der Waals surface area contributed by atoms with Crippen LogP contribution in [0.3, 0.4) is 0 Å². The van der Waals surface area contributed by atoms with Crippen molar-refractivity contribution in [3.05, 3.63) is 24.5 Å². The molecule has 0 bridgehead atoms. The summed E-state index contributed by atoms with van der Waals surface area (Å²) in [6.45, 7) is 5.81. The minimum Gasteiger partial charge on any atom is -0.342 e. The fraction of sp³-hybridized carbons (Fsp3) is 0.500. The summed E-state index contributed by atoms with van der Waals surface area (Å²) in [5, 5.41) is 9.17. The van der Waals surface area contributed by atoms with Crippen LogP contribution in [0.25, 0.3) is 11.4 Å². The lowest BCUT2D eigenvalue weighted by Crippen LogP contribution is -2.33. The molecule has 0 aliphatic heterocycles. The summed E-state index contributed by atoms with van der Waals surface area (Å²) >= 11 is 1.43. The Morgan fingerprint density at radius 1 is 1.17 bits per heavy atom. The van der Waals surface area contributed by atoms with Gasteiger partial charge in [0.05, 0.1) is 5.75 Å². The van der Waals surface area contributed by atoms with Gasteiger partial charge in [-0.2, -0.15) is 0 Å². The summed E-state index contributed by atoms with van der Waals surface area (Å²) in [5.74, 6) is 1.33. The number of rotatable bonds is 8. The van der Waals surface area contributed by atoms with Crippen molar-refractivity contribution < 1.29 is 4.79 Å². The van der Waals surface area contributed by atoms with Crippen LogP contribution in [0.4, 0.5) is 0 Å². The molecule has 0 aliphatic carbocycles. The zero-order chi connectivity index (χ0) is 16.7. The monoisotopic (exact) mass is 333 g/mol. The van der Waals surface area contributed by atoms with E-state index in [0.29, 0.717) is 5.75 Å². The zero-order valence-corrected chi connectivity index (χ0v) is 14.7. The van der Waals surface area contributed by atoms with Crippen LogP contribution in [0.1, 0.15) is 26.7 Å². The second-order valence-electron chi connectivity index (χ2n) is 5.27. The Bertz CT molecular complexity index is 623. The van der Waals surface area contributed by atoms with Crippen molar-refractivity contribution in [1.82, 2.24) is 24.6 Å². The van der Waals surface area contributed by atoms with Gasteiger partial charge in [0.1, 0.15) is 0 Å². The third-order valence-electron chi connectivity index (χ3n) is 3.44. The first kappa shape index (κ1) is 17.5. The lowest BCUT2D eigenvalue weighted by molar-refractivity contribution is -0.128. The highest BCUT2D eigenvalue weighted by molar-refractivity contribution is 7.99. The summed E-state index contributed by atoms with van der Waals surface area (Å²) in [5.41, 5.74) is 0.965. The van der Waals surface area contributed by atoms with E-state index in [2.05, 4.69) is 29.0 Å². The van der Waals surface area contributed by atoms with Crippen LogP contribution >= 0.6 is 11.8 Å². The van der Waals surface area contributed by atoms with Crippen molar-refractivity contribution in [1.29, 1.82) is 0 Å². The van der Waals surface area contributed by atoms with Crippen molar-refractivity contribution in [3.8, 4) is 11.4 Å². The van der Waals surface area contributed by atoms with E-state index in [9.17, 15) is 4.79 Å². The van der Waals surface area contributed by atoms with Crippen molar-refractivity contribution in [3.63, 3.8) is 0 Å². The fourth-order valence-electron chi connectivity index (χ4n) is 2.31. The predicted molar refractivity (Wildman–Crippen MR) is 92.1 cm³/mol. The summed E-state index contributed by atoms with van der Waals surface area (Å²) in [4.78, 5) is 18.3. The largest absolute Gasteiger partial charge is 0.342 e. The molecule has 2 aromatic heterocycles. The molecule has 0 N–H and O–H groups in total. The van der Waals surface area contributed by atoms with Gasteiger partial charge < -0.3 is 9.47 Å². The minimum atomic E-state index is 0.159. The third-order valence-corrected chi connectivity index (χ3v) is 4.44. The number of carbonyl (C=O) groups is 1. The SMILES string of the molecule is CCCN(CCC)C(=O)CSc1nnc(-c2ccncc2)n1C. The van der Waals surface area contributed by atoms with E-state index in [4.69, 9.17) is 0 Å². The average molecular weight is 333 g/mol. The second kappa shape index (κ2) is 8.67. The lowest BCUT2D eigenvalue weighted by atomic mass is 10.2. The van der Waals surface area contributed by atoms with Crippen LogP contribution in [0.2, 0.25) is 0 Å². The first-order chi connectivity index (χ1) is 11.2. The van der Waals surface area contributed by atoms with Crippen molar-refractivity contribution >= 4 is 17.7 Å². The quantitative estimate of drug-likeness (QED) is 0.695. The van der Waals surface area contributed by atoms with E-state index in [1.807, 2.05) is 28.6 Å². The van der Waals surface area contributed by atoms with E-state index in [0.717, 1.165) is 42.5 Å². The number of aromatic nitrogens is 4. The van der Waals surface area contributed by atoms with Gasteiger partial charge in [-0.05, 0) is 25.0 Å². The van der Waals surface area contributed by atoms with E-state index < -0.39 is 0 Å². The van der Waals surface area contributed by atoms with Crippen LogP contribution in [0.5, 0.6) is 0 Å². The number of amides is 1. The first-order valence-corrected chi connectivity index (χ1v) is 8.86. The summed E-state index contributed by atoms with van der Waals surface area (Å²) < 4.78 is 1.91. The van der Waals surface area contributed by atoms with Crippen LogP contribution < -0.4 is 0 Å². The van der Waals surface area contributed by atoms with E-state index in [1.165, 1.54) is 11.8 Å². The molecule has 0 fully saturated rings. The normalized spacial score (nSPS) is 10.7. The van der Waals surface area contributed by atoms with Gasteiger partial charge in [0.15, 0.2) is 11.0 Å². The third kappa shape index (κ3) is 4.54. The fourth-order valence-corrected chi connectivity index (χ4v) is 3.13. The molecule has 0 radical (unpaired) electrons. The molecule has 0 atom stereocenters. The standard InChI is InChI=1S/C16H23N5OS/c1-4-10-21(11-5-2)14(22)12-23-16-19-18-15(20(16)3)13-6-8-17-9-7-13/h6-9H,4-5,10-12H2,1-3H3. The van der Waals surface area contributed by atoms with Gasteiger partial charge in [0.25, 0.3) is 0 Å². The van der Waals surface area contributed by atoms with Crippen molar-refractivity contribution in [2.45, 2.75) is 31.8 Å². The highest BCUT2D eigenvalue weighted by Crippen LogP contribution is 2.22. The van der Waals surface area contributed by atoms with Crippen LogP contribution in [0, 0.1) is 0 Å². The molecule has 2 aromatic rings. The number of hydrogen-bond acceptors (Lipinski definition) is 5. The molecule has 2 heterocycles. The Morgan fingerprint density at radius 3 is 2.43 bits per heavy atom. The molecule has 23 heavy (non-hydrogen) atoms. The molecular formula is C16H23N5OS. The zero-order valence-electron chi connectivity index (χ0n) is 13.9. The first-order valence-electron chi connectivity index (χ1n) is 7.87. The molecule has 2 rings (SSSR count). The second-order valence-corrected chi connectivity index (χ2v) is 6.21. The van der Waals surface area contributed by atoms with Crippen LogP contribution in [0.15, 0.2) is 29.7 Å². The summed E-state index contributed by atoms with van der Waals surface area (Å²) in [6, 6.07) is 3.79. The van der Waals surface area contributed by atoms with Crippen LogP contribution in [-0.4, -0.2) is 49.4 Å². The summed E-state index contributed by atoms with van der Waals surface area (Å²) in [7, 11) is 1.92. The molecule has 0 aromatic carbocycles.